The fourth-order valence-electron chi connectivity index (χ4n) is 1.69. The average Bonchev–Trinajstić information content (AvgIpc) is 2.91. The van der Waals surface area contributed by atoms with E-state index in [9.17, 15) is 18.3 Å². The average molecular weight is 251 g/mol. The molecule has 1 aromatic heterocycles. The first kappa shape index (κ1) is 11.9. The van der Waals surface area contributed by atoms with Crippen LogP contribution in [0.3, 0.4) is 0 Å². The van der Waals surface area contributed by atoms with E-state index < -0.39 is 17.3 Å². The molecule has 0 radical (unpaired) electrons. The molecule has 90 valence electrons. The highest BCUT2D eigenvalue weighted by atomic mass is 32.1. The third-order valence-electron chi connectivity index (χ3n) is 2.92. The molecule has 0 bridgehead atoms. The lowest BCUT2D eigenvalue weighted by atomic mass is 9.99. The first-order valence-electron chi connectivity index (χ1n) is 5.10. The van der Waals surface area contributed by atoms with Crippen LogP contribution >= 0.6 is 11.3 Å². The Labute approximate surface area is 95.1 Å². The normalized spacial score (nSPS) is 20.8. The molecule has 0 saturated heterocycles. The Morgan fingerprint density at radius 1 is 1.50 bits per heavy atom. The maximum atomic E-state index is 12.3. The monoisotopic (exact) mass is 251 g/mol. The van der Waals surface area contributed by atoms with Crippen molar-refractivity contribution < 1.29 is 18.3 Å². The second kappa shape index (κ2) is 4.00. The molecule has 6 heteroatoms. The van der Waals surface area contributed by atoms with Crippen LogP contribution in [0.2, 0.25) is 0 Å². The van der Waals surface area contributed by atoms with E-state index in [0.29, 0.717) is 22.1 Å². The van der Waals surface area contributed by atoms with Gasteiger partial charge in [-0.15, -0.1) is 11.3 Å². The van der Waals surface area contributed by atoms with Gasteiger partial charge >= 0.3 is 6.18 Å². The minimum atomic E-state index is -4.41. The lowest BCUT2D eigenvalue weighted by molar-refractivity contribution is -0.137. The van der Waals surface area contributed by atoms with Crippen molar-refractivity contribution in [2.24, 2.45) is 11.8 Å². The third kappa shape index (κ3) is 2.38. The first-order valence-corrected chi connectivity index (χ1v) is 5.92. The summed E-state index contributed by atoms with van der Waals surface area (Å²) in [5.74, 6) is 0.466. The molecule has 1 aliphatic carbocycles. The van der Waals surface area contributed by atoms with Crippen molar-refractivity contribution in [3.63, 3.8) is 0 Å². The Morgan fingerprint density at radius 3 is 2.56 bits per heavy atom. The Balaban J connectivity index is 2.11. The van der Waals surface area contributed by atoms with Gasteiger partial charge in [-0.25, -0.2) is 4.98 Å². The summed E-state index contributed by atoms with van der Waals surface area (Å²) in [4.78, 5) is 3.62. The number of thiazole rings is 1. The molecule has 2 nitrogen and oxygen atoms in total. The van der Waals surface area contributed by atoms with Crippen LogP contribution in [0.15, 0.2) is 6.20 Å². The molecule has 1 fully saturated rings. The highest BCUT2D eigenvalue weighted by molar-refractivity contribution is 7.11. The Bertz CT molecular complexity index is 372. The molecular formula is C10H12F3NOS. The number of hydrogen-bond acceptors (Lipinski definition) is 3. The zero-order valence-corrected chi connectivity index (χ0v) is 9.48. The number of halogens is 3. The molecular weight excluding hydrogens is 239 g/mol. The van der Waals surface area contributed by atoms with E-state index in [1.54, 1.807) is 0 Å². The number of aliphatic hydroxyl groups excluding tert-OH is 1. The molecule has 16 heavy (non-hydrogen) atoms. The van der Waals surface area contributed by atoms with Crippen LogP contribution in [0, 0.1) is 11.8 Å². The van der Waals surface area contributed by atoms with E-state index in [1.165, 1.54) is 0 Å². The second-order valence-corrected chi connectivity index (χ2v) is 5.27. The Hall–Kier alpha value is -0.620. The van der Waals surface area contributed by atoms with Gasteiger partial charge in [-0.2, -0.15) is 13.2 Å². The predicted molar refractivity (Wildman–Crippen MR) is 54.0 cm³/mol. The van der Waals surface area contributed by atoms with E-state index >= 15 is 0 Å². The standard InChI is InChI=1S/C10H12F3NOS/c1-5(6-2-3-6)8(15)7-4-14-9(16-7)10(11,12)13/h4-6,8,15H,2-3H2,1H3. The maximum Gasteiger partial charge on any atom is 0.443 e. The highest BCUT2D eigenvalue weighted by Crippen LogP contribution is 2.44. The lowest BCUT2D eigenvalue weighted by Gasteiger charge is -2.15. The van der Waals surface area contributed by atoms with Crippen LogP contribution in [0.25, 0.3) is 0 Å². The summed E-state index contributed by atoms with van der Waals surface area (Å²) in [7, 11) is 0. The molecule has 1 heterocycles. The van der Waals surface area contributed by atoms with Crippen LogP contribution in [-0.4, -0.2) is 10.1 Å². The maximum absolute atomic E-state index is 12.3. The molecule has 1 aromatic rings. The Kier molecular flexibility index (Phi) is 2.96. The van der Waals surface area contributed by atoms with Gasteiger partial charge in [0.15, 0.2) is 5.01 Å². The SMILES string of the molecule is CC(C1CC1)C(O)c1cnc(C(F)(F)F)s1. The van der Waals surface area contributed by atoms with Gasteiger partial charge in [-0.3, -0.25) is 0 Å². The molecule has 0 amide bonds. The van der Waals surface area contributed by atoms with Gasteiger partial charge in [-0.05, 0) is 24.7 Å². The molecule has 0 aromatic carbocycles. The van der Waals surface area contributed by atoms with Gasteiger partial charge in [-0.1, -0.05) is 6.92 Å². The minimum absolute atomic E-state index is 0.0153. The zero-order valence-electron chi connectivity index (χ0n) is 8.66. The van der Waals surface area contributed by atoms with E-state index in [-0.39, 0.29) is 5.92 Å². The molecule has 1 N–H and O–H groups in total. The van der Waals surface area contributed by atoms with Crippen molar-refractivity contribution >= 4 is 11.3 Å². The van der Waals surface area contributed by atoms with E-state index in [2.05, 4.69) is 4.98 Å². The van der Waals surface area contributed by atoms with Crippen LogP contribution < -0.4 is 0 Å². The number of rotatable bonds is 3. The fourth-order valence-corrected chi connectivity index (χ4v) is 2.58. The molecule has 0 spiro atoms. The van der Waals surface area contributed by atoms with Crippen molar-refractivity contribution in [2.45, 2.75) is 32.0 Å². The van der Waals surface area contributed by atoms with Crippen molar-refractivity contribution in [3.8, 4) is 0 Å². The summed E-state index contributed by atoms with van der Waals surface area (Å²) in [5, 5.41) is 9.00. The van der Waals surface area contributed by atoms with Crippen LogP contribution in [-0.2, 0) is 6.18 Å². The van der Waals surface area contributed by atoms with Crippen LogP contribution in [0.4, 0.5) is 13.2 Å². The third-order valence-corrected chi connectivity index (χ3v) is 4.03. The van der Waals surface area contributed by atoms with Crippen molar-refractivity contribution in [3.05, 3.63) is 16.1 Å². The topological polar surface area (TPSA) is 33.1 Å². The van der Waals surface area contributed by atoms with Crippen molar-refractivity contribution in [2.75, 3.05) is 0 Å². The number of aromatic nitrogens is 1. The second-order valence-electron chi connectivity index (χ2n) is 4.21. The number of nitrogens with zero attached hydrogens (tertiary/aromatic N) is 1. The summed E-state index contributed by atoms with van der Waals surface area (Å²) in [5.41, 5.74) is 0. The summed E-state index contributed by atoms with van der Waals surface area (Å²) < 4.78 is 36.9. The summed E-state index contributed by atoms with van der Waals surface area (Å²) >= 11 is 0.535. The van der Waals surface area contributed by atoms with Gasteiger partial charge < -0.3 is 5.11 Å². The summed E-state index contributed by atoms with van der Waals surface area (Å²) in [6.45, 7) is 1.87. The van der Waals surface area contributed by atoms with Gasteiger partial charge in [0.25, 0.3) is 0 Å². The molecule has 2 atom stereocenters. The van der Waals surface area contributed by atoms with Gasteiger partial charge in [0, 0.05) is 6.20 Å². The predicted octanol–water partition coefficient (Wildman–Crippen LogP) is 3.24. The molecule has 1 aliphatic rings. The highest BCUT2D eigenvalue weighted by Gasteiger charge is 2.38. The Morgan fingerprint density at radius 2 is 2.12 bits per heavy atom. The van der Waals surface area contributed by atoms with Gasteiger partial charge in [0.1, 0.15) is 0 Å². The van der Waals surface area contributed by atoms with Crippen molar-refractivity contribution in [1.29, 1.82) is 0 Å². The van der Waals surface area contributed by atoms with Gasteiger partial charge in [0.2, 0.25) is 0 Å². The number of aliphatic hydroxyl groups is 1. The lowest BCUT2D eigenvalue weighted by Crippen LogP contribution is -2.09. The van der Waals surface area contributed by atoms with E-state index in [4.69, 9.17) is 0 Å². The number of hydrogen-bond donors (Lipinski definition) is 1. The summed E-state index contributed by atoms with van der Waals surface area (Å²) in [6.07, 6.45) is -1.98. The van der Waals surface area contributed by atoms with Crippen LogP contribution in [0.5, 0.6) is 0 Å². The largest absolute Gasteiger partial charge is 0.443 e. The molecule has 0 aliphatic heterocycles. The zero-order chi connectivity index (χ0) is 11.9. The molecule has 2 rings (SSSR count). The van der Waals surface area contributed by atoms with Crippen LogP contribution in [0.1, 0.15) is 35.8 Å². The minimum Gasteiger partial charge on any atom is -0.387 e. The van der Waals surface area contributed by atoms with E-state index in [0.717, 1.165) is 19.0 Å². The quantitative estimate of drug-likeness (QED) is 0.894. The fraction of sp³-hybridized carbons (Fsp3) is 0.700. The van der Waals surface area contributed by atoms with Crippen molar-refractivity contribution in [1.82, 2.24) is 4.98 Å². The summed E-state index contributed by atoms with van der Waals surface area (Å²) in [6, 6.07) is 0. The number of alkyl halides is 3. The molecule has 1 saturated carbocycles. The molecule has 2 unspecified atom stereocenters. The first-order chi connectivity index (χ1) is 7.39. The van der Waals surface area contributed by atoms with E-state index in [1.807, 2.05) is 6.92 Å². The van der Waals surface area contributed by atoms with Gasteiger partial charge in [0.05, 0.1) is 11.0 Å². The smallest absolute Gasteiger partial charge is 0.387 e.